The topological polar surface area (TPSA) is 55.1 Å². The summed E-state index contributed by atoms with van der Waals surface area (Å²) in [7, 11) is 0. The lowest BCUT2D eigenvalue weighted by atomic mass is 10.0. The van der Waals surface area contributed by atoms with Gasteiger partial charge in [-0.1, -0.05) is 30.4 Å². The Morgan fingerprint density at radius 1 is 1.53 bits per heavy atom. The largest absolute Gasteiger partial charge is 0.351 e. The second-order valence-electron chi connectivity index (χ2n) is 4.31. The summed E-state index contributed by atoms with van der Waals surface area (Å²) in [5, 5.41) is 3.33. The van der Waals surface area contributed by atoms with Crippen molar-refractivity contribution in [2.75, 3.05) is 19.3 Å². The average Bonchev–Trinajstić information content (AvgIpc) is 2.42. The van der Waals surface area contributed by atoms with Gasteiger partial charge in [0, 0.05) is 17.4 Å². The van der Waals surface area contributed by atoms with Crippen LogP contribution in [0, 0.1) is 18.8 Å². The van der Waals surface area contributed by atoms with Crippen LogP contribution in [0.4, 0.5) is 0 Å². The molecule has 1 aromatic rings. The number of amides is 1. The molecule has 0 radical (unpaired) electrons. The van der Waals surface area contributed by atoms with E-state index in [-0.39, 0.29) is 5.91 Å². The molecule has 0 saturated heterocycles. The first kappa shape index (κ1) is 15.6. The number of benzene rings is 1. The third-order valence-electron chi connectivity index (χ3n) is 2.70. The van der Waals surface area contributed by atoms with Crippen LogP contribution < -0.4 is 11.1 Å². The van der Waals surface area contributed by atoms with Crippen LogP contribution in [-0.4, -0.2) is 30.5 Å². The maximum absolute atomic E-state index is 12.2. The number of hydrogen-bond donors (Lipinski definition) is 2. The Kier molecular flexibility index (Phi) is 6.48. The molecule has 0 saturated carbocycles. The second-order valence-corrected chi connectivity index (χ2v) is 5.59. The molecule has 0 aromatic heterocycles. The fourth-order valence-corrected chi connectivity index (χ4v) is 1.77. The highest BCUT2D eigenvalue weighted by Crippen LogP contribution is 2.11. The van der Waals surface area contributed by atoms with Gasteiger partial charge in [-0.15, -0.1) is 0 Å². The van der Waals surface area contributed by atoms with Gasteiger partial charge in [0.05, 0.1) is 12.1 Å². The Morgan fingerprint density at radius 2 is 2.26 bits per heavy atom. The molecule has 0 fully saturated rings. The quantitative estimate of drug-likeness (QED) is 0.824. The maximum Gasteiger partial charge on any atom is 0.252 e. The van der Waals surface area contributed by atoms with Crippen molar-refractivity contribution in [3.8, 4) is 11.8 Å². The maximum atomic E-state index is 12.2. The van der Waals surface area contributed by atoms with E-state index in [9.17, 15) is 4.79 Å². The van der Waals surface area contributed by atoms with Crippen molar-refractivity contribution in [1.29, 1.82) is 0 Å². The van der Waals surface area contributed by atoms with Crippen LogP contribution in [0.15, 0.2) is 18.2 Å². The van der Waals surface area contributed by atoms with Crippen LogP contribution in [-0.2, 0) is 0 Å². The molecule has 1 rings (SSSR count). The van der Waals surface area contributed by atoms with Crippen LogP contribution in [0.5, 0.6) is 0 Å². The van der Waals surface area contributed by atoms with E-state index >= 15 is 0 Å². The summed E-state index contributed by atoms with van der Waals surface area (Å²) in [6.45, 7) is 4.98. The molecule has 19 heavy (non-hydrogen) atoms. The summed E-state index contributed by atoms with van der Waals surface area (Å²) in [5.41, 5.74) is 7.76. The van der Waals surface area contributed by atoms with Crippen molar-refractivity contribution >= 4 is 17.7 Å². The van der Waals surface area contributed by atoms with E-state index in [1.807, 2.05) is 31.4 Å². The van der Waals surface area contributed by atoms with E-state index in [1.165, 1.54) is 0 Å². The SMILES string of the molecule is CSC(C)CNC(=O)c1cc(C)ccc1C#CCN. The Labute approximate surface area is 119 Å². The van der Waals surface area contributed by atoms with Gasteiger partial charge in [-0.3, -0.25) is 4.79 Å². The van der Waals surface area contributed by atoms with Gasteiger partial charge in [0.2, 0.25) is 0 Å². The number of rotatable bonds is 4. The summed E-state index contributed by atoms with van der Waals surface area (Å²) in [4.78, 5) is 12.2. The van der Waals surface area contributed by atoms with Crippen LogP contribution in [0.3, 0.4) is 0 Å². The highest BCUT2D eigenvalue weighted by atomic mass is 32.2. The second kappa shape index (κ2) is 7.88. The van der Waals surface area contributed by atoms with E-state index in [0.717, 1.165) is 11.1 Å². The lowest BCUT2D eigenvalue weighted by molar-refractivity contribution is 0.0954. The van der Waals surface area contributed by atoms with Crippen LogP contribution in [0.1, 0.15) is 28.4 Å². The Hall–Kier alpha value is -1.44. The van der Waals surface area contributed by atoms with Gasteiger partial charge >= 0.3 is 0 Å². The number of carbonyl (C=O) groups is 1. The molecule has 1 amide bonds. The van der Waals surface area contributed by atoms with Crippen molar-refractivity contribution in [2.24, 2.45) is 5.73 Å². The Bertz CT molecular complexity index is 503. The highest BCUT2D eigenvalue weighted by Gasteiger charge is 2.11. The molecule has 4 heteroatoms. The predicted molar refractivity (Wildman–Crippen MR) is 82.4 cm³/mol. The van der Waals surface area contributed by atoms with Gasteiger partial charge in [-0.05, 0) is 25.3 Å². The molecule has 0 bridgehead atoms. The summed E-state index contributed by atoms with van der Waals surface area (Å²) >= 11 is 1.72. The molecule has 0 aliphatic heterocycles. The number of carbonyl (C=O) groups excluding carboxylic acids is 1. The first-order valence-corrected chi connectivity index (χ1v) is 7.47. The summed E-state index contributed by atoms with van der Waals surface area (Å²) in [6.07, 6.45) is 2.03. The zero-order valence-corrected chi connectivity index (χ0v) is 12.4. The van der Waals surface area contributed by atoms with Crippen molar-refractivity contribution in [2.45, 2.75) is 19.1 Å². The lowest BCUT2D eigenvalue weighted by Crippen LogP contribution is -2.30. The lowest BCUT2D eigenvalue weighted by Gasteiger charge is -2.11. The summed E-state index contributed by atoms with van der Waals surface area (Å²) in [5.74, 6) is 5.65. The minimum atomic E-state index is -0.0779. The van der Waals surface area contributed by atoms with Crippen molar-refractivity contribution in [1.82, 2.24) is 5.32 Å². The fraction of sp³-hybridized carbons (Fsp3) is 0.400. The van der Waals surface area contributed by atoms with Crippen molar-refractivity contribution in [3.05, 3.63) is 34.9 Å². The van der Waals surface area contributed by atoms with E-state index in [1.54, 1.807) is 11.8 Å². The monoisotopic (exact) mass is 276 g/mol. The molecule has 0 heterocycles. The smallest absolute Gasteiger partial charge is 0.252 e. The molecule has 0 aliphatic rings. The van der Waals surface area contributed by atoms with E-state index in [0.29, 0.717) is 23.9 Å². The minimum Gasteiger partial charge on any atom is -0.351 e. The zero-order chi connectivity index (χ0) is 14.3. The van der Waals surface area contributed by atoms with Gasteiger partial charge in [-0.25, -0.2) is 0 Å². The van der Waals surface area contributed by atoms with Gasteiger partial charge in [0.1, 0.15) is 0 Å². The molecule has 1 aromatic carbocycles. The van der Waals surface area contributed by atoms with Crippen molar-refractivity contribution in [3.63, 3.8) is 0 Å². The highest BCUT2D eigenvalue weighted by molar-refractivity contribution is 7.99. The third kappa shape index (κ3) is 4.98. The molecule has 3 nitrogen and oxygen atoms in total. The minimum absolute atomic E-state index is 0.0779. The number of thioether (sulfide) groups is 1. The van der Waals surface area contributed by atoms with Crippen molar-refractivity contribution < 1.29 is 4.79 Å². The number of aryl methyl sites for hydroxylation is 1. The number of hydrogen-bond acceptors (Lipinski definition) is 3. The van der Waals surface area contributed by atoms with Gasteiger partial charge in [-0.2, -0.15) is 11.8 Å². The number of nitrogens with two attached hydrogens (primary N) is 1. The first-order valence-electron chi connectivity index (χ1n) is 6.19. The number of nitrogens with one attached hydrogen (secondary N) is 1. The molecule has 102 valence electrons. The summed E-state index contributed by atoms with van der Waals surface area (Å²) in [6, 6.07) is 5.67. The predicted octanol–water partition coefficient (Wildman–Crippen LogP) is 1.79. The van der Waals surface area contributed by atoms with Crippen LogP contribution in [0.25, 0.3) is 0 Å². The average molecular weight is 276 g/mol. The first-order chi connectivity index (χ1) is 9.08. The van der Waals surface area contributed by atoms with E-state index in [4.69, 9.17) is 5.73 Å². The van der Waals surface area contributed by atoms with Gasteiger partial charge < -0.3 is 11.1 Å². The standard InChI is InChI=1S/C15H20N2OS/c1-11-6-7-13(5-4-8-16)14(9-11)15(18)17-10-12(2)19-3/h6-7,9,12H,8,10,16H2,1-3H3,(H,17,18). The van der Waals surface area contributed by atoms with E-state index in [2.05, 4.69) is 24.1 Å². The van der Waals surface area contributed by atoms with Crippen LogP contribution >= 0.6 is 11.8 Å². The van der Waals surface area contributed by atoms with Gasteiger partial charge in [0.25, 0.3) is 5.91 Å². The van der Waals surface area contributed by atoms with Gasteiger partial charge in [0.15, 0.2) is 0 Å². The normalized spacial score (nSPS) is 11.4. The molecule has 0 spiro atoms. The molecular formula is C15H20N2OS. The molecule has 3 N–H and O–H groups in total. The third-order valence-corrected chi connectivity index (χ3v) is 3.67. The van der Waals surface area contributed by atoms with Crippen LogP contribution in [0.2, 0.25) is 0 Å². The zero-order valence-electron chi connectivity index (χ0n) is 11.6. The fourth-order valence-electron chi connectivity index (χ4n) is 1.52. The molecule has 1 atom stereocenters. The Balaban J connectivity index is 2.90. The summed E-state index contributed by atoms with van der Waals surface area (Å²) < 4.78 is 0. The molecule has 1 unspecified atom stereocenters. The molecular weight excluding hydrogens is 256 g/mol. The Morgan fingerprint density at radius 3 is 2.89 bits per heavy atom. The van der Waals surface area contributed by atoms with E-state index < -0.39 is 0 Å². The molecule has 0 aliphatic carbocycles.